The maximum Gasteiger partial charge on any atom is 0.412 e. The van der Waals surface area contributed by atoms with Crippen molar-refractivity contribution in [2.24, 2.45) is 5.73 Å². The molecule has 0 unspecified atom stereocenters. The number of carbonyl (C=O) groups excluding carboxylic acids is 3. The summed E-state index contributed by atoms with van der Waals surface area (Å²) in [5, 5.41) is 5.46. The molecule has 0 fully saturated rings. The van der Waals surface area contributed by atoms with Crippen LogP contribution in [0, 0.1) is 0 Å². The van der Waals surface area contributed by atoms with E-state index < -0.39 is 17.8 Å². The molecule has 0 aliphatic heterocycles. The molecule has 204 valence electrons. The largest absolute Gasteiger partial charge is 0.445 e. The van der Waals surface area contributed by atoms with E-state index in [0.29, 0.717) is 16.8 Å². The van der Waals surface area contributed by atoms with Gasteiger partial charge in [0.15, 0.2) is 5.78 Å². The number of alkyl carbamates (subject to hydrolysis) is 2. The lowest BCUT2D eigenvalue weighted by Gasteiger charge is -2.20. The summed E-state index contributed by atoms with van der Waals surface area (Å²) in [5.41, 5.74) is 7.84. The van der Waals surface area contributed by atoms with E-state index in [1.165, 1.54) is 6.08 Å². The van der Waals surface area contributed by atoms with Gasteiger partial charge >= 0.3 is 12.2 Å². The van der Waals surface area contributed by atoms with E-state index in [0.717, 1.165) is 12.0 Å². The Kier molecular flexibility index (Phi) is 14.7. The number of ether oxygens (including phenoxy) is 2. The van der Waals surface area contributed by atoms with Crippen molar-refractivity contribution in [3.8, 4) is 0 Å². The molecule has 0 aromatic heterocycles. The first-order chi connectivity index (χ1) is 17.1. The number of nitrogens with one attached hydrogen (secondary N) is 2. The van der Waals surface area contributed by atoms with Crippen molar-refractivity contribution in [3.05, 3.63) is 82.3 Å². The number of hydrogen-bond acceptors (Lipinski definition) is 6. The molecule has 2 amide bonds. The highest BCUT2D eigenvalue weighted by molar-refractivity contribution is 6.31. The van der Waals surface area contributed by atoms with Gasteiger partial charge in [0.2, 0.25) is 0 Å². The number of ketones is 1. The van der Waals surface area contributed by atoms with Crippen LogP contribution in [0.4, 0.5) is 9.59 Å². The first kappa shape index (κ1) is 33.5. The summed E-state index contributed by atoms with van der Waals surface area (Å²) in [4.78, 5) is 37.5. The summed E-state index contributed by atoms with van der Waals surface area (Å²) in [6.07, 6.45) is 7.60. The highest BCUT2D eigenvalue weighted by atomic mass is 35.5. The van der Waals surface area contributed by atoms with Gasteiger partial charge in [-0.15, -0.1) is 0 Å². The lowest BCUT2D eigenvalue weighted by molar-refractivity contribution is -0.112. The Hall–Kier alpha value is -3.52. The molecule has 37 heavy (non-hydrogen) atoms. The molecule has 0 saturated heterocycles. The van der Waals surface area contributed by atoms with Crippen LogP contribution in [0.3, 0.4) is 0 Å². The third-order valence-corrected chi connectivity index (χ3v) is 4.86. The van der Waals surface area contributed by atoms with E-state index in [2.05, 4.69) is 23.8 Å². The van der Waals surface area contributed by atoms with Crippen LogP contribution < -0.4 is 16.4 Å². The Morgan fingerprint density at radius 3 is 2.14 bits per heavy atom. The van der Waals surface area contributed by atoms with Crippen LogP contribution in [-0.2, 0) is 14.3 Å². The zero-order valence-electron chi connectivity index (χ0n) is 22.9. The van der Waals surface area contributed by atoms with Crippen molar-refractivity contribution in [1.82, 2.24) is 10.6 Å². The highest BCUT2D eigenvalue weighted by Crippen LogP contribution is 2.15. The maximum absolute atomic E-state index is 13.1. The van der Waals surface area contributed by atoms with Gasteiger partial charge in [-0.3, -0.25) is 10.1 Å². The van der Waals surface area contributed by atoms with Crippen molar-refractivity contribution in [2.45, 2.75) is 60.5 Å². The molecule has 4 N–H and O–H groups in total. The second-order valence-corrected chi connectivity index (χ2v) is 9.56. The van der Waals surface area contributed by atoms with Crippen molar-refractivity contribution in [3.63, 3.8) is 0 Å². The summed E-state index contributed by atoms with van der Waals surface area (Å²) in [5.74, 6) is -0.369. The molecule has 0 heterocycles. The second-order valence-electron chi connectivity index (χ2n) is 9.11. The van der Waals surface area contributed by atoms with Gasteiger partial charge in [-0.2, -0.15) is 0 Å². The first-order valence-corrected chi connectivity index (χ1v) is 12.1. The molecule has 0 atom stereocenters. The Morgan fingerprint density at radius 2 is 1.65 bits per heavy atom. The number of nitrogens with two attached hydrogens (primary N) is 1. The predicted octanol–water partition coefficient (Wildman–Crippen LogP) is 6.09. The number of allylic oxidation sites excluding steroid dienone is 8. The van der Waals surface area contributed by atoms with Crippen LogP contribution in [-0.4, -0.2) is 36.7 Å². The Labute approximate surface area is 225 Å². The minimum absolute atomic E-state index is 0.115. The number of amides is 2. The number of Topliss-reactive ketones (excluding diaryl/α,β-unsaturated/α-hetero) is 1. The first-order valence-electron chi connectivity index (χ1n) is 11.8. The molecular weight excluding hydrogens is 494 g/mol. The van der Waals surface area contributed by atoms with Crippen LogP contribution in [0.5, 0.6) is 0 Å². The topological polar surface area (TPSA) is 120 Å². The molecule has 8 nitrogen and oxygen atoms in total. The Balaban J connectivity index is 5.60. The number of hydrogen-bond donors (Lipinski definition) is 3. The van der Waals surface area contributed by atoms with Gasteiger partial charge in [0.1, 0.15) is 12.2 Å². The highest BCUT2D eigenvalue weighted by Gasteiger charge is 2.18. The number of carbonyl (C=O) groups is 3. The zero-order valence-corrected chi connectivity index (χ0v) is 23.7. The maximum atomic E-state index is 13.1. The molecule has 9 heteroatoms. The van der Waals surface area contributed by atoms with E-state index in [-0.39, 0.29) is 35.2 Å². The van der Waals surface area contributed by atoms with E-state index in [4.69, 9.17) is 26.8 Å². The fourth-order valence-electron chi connectivity index (χ4n) is 2.74. The van der Waals surface area contributed by atoms with Crippen LogP contribution in [0.2, 0.25) is 0 Å². The quantitative estimate of drug-likeness (QED) is 0.206. The Bertz CT molecular complexity index is 1040. The van der Waals surface area contributed by atoms with Gasteiger partial charge < -0.3 is 20.5 Å². The van der Waals surface area contributed by atoms with Gasteiger partial charge in [-0.25, -0.2) is 9.59 Å². The second kappa shape index (κ2) is 16.3. The average Bonchev–Trinajstić information content (AvgIpc) is 2.77. The predicted molar refractivity (Wildman–Crippen MR) is 150 cm³/mol. The smallest absolute Gasteiger partial charge is 0.412 e. The summed E-state index contributed by atoms with van der Waals surface area (Å²) in [6, 6.07) is 0. The average molecular weight is 534 g/mol. The molecule has 0 saturated carbocycles. The van der Waals surface area contributed by atoms with Gasteiger partial charge in [-0.05, 0) is 65.2 Å². The third kappa shape index (κ3) is 14.0. The van der Waals surface area contributed by atoms with Crippen molar-refractivity contribution >= 4 is 29.6 Å². The van der Waals surface area contributed by atoms with E-state index in [1.54, 1.807) is 52.8 Å². The molecule has 0 bridgehead atoms. The zero-order chi connectivity index (χ0) is 28.8. The van der Waals surface area contributed by atoms with Crippen LogP contribution >= 0.6 is 11.6 Å². The lowest BCUT2D eigenvalue weighted by Crippen LogP contribution is -2.32. The minimum atomic E-state index is -0.759. The standard InChI is InChI=1S/C28H40ClN3O5/c1-10-12-18(3)24(32-27(35)37-28(7,8)9)15-14-19(4)25(33)23(21(6)30)16-31-26(34)36-17-22(13-11-2)20(5)29/h11-15H,2,5,10,16-17,30H2,1,3-4,6-9H3,(H,31,34)(H,32,35)/b18-12+,19-14+,22-13-,23-21-,24-15+. The van der Waals surface area contributed by atoms with Crippen molar-refractivity contribution in [1.29, 1.82) is 0 Å². The molecule has 0 spiro atoms. The van der Waals surface area contributed by atoms with Gasteiger partial charge in [0.05, 0.1) is 6.54 Å². The van der Waals surface area contributed by atoms with Crippen LogP contribution in [0.25, 0.3) is 0 Å². The van der Waals surface area contributed by atoms with Gasteiger partial charge in [0.25, 0.3) is 0 Å². The summed E-state index contributed by atoms with van der Waals surface area (Å²) in [7, 11) is 0. The molecule has 0 aliphatic carbocycles. The SMILES string of the molecule is C=C/C=C(/COC(=O)NC/C(C(=O)/C(C)=C/C=C(NC(=O)OC(C)(C)C)\C(C)=C\CC)=C(\C)N)C(=C)Cl. The normalized spacial score (nSPS) is 13.8. The molecule has 0 aromatic rings. The van der Waals surface area contributed by atoms with E-state index in [1.807, 2.05) is 19.9 Å². The van der Waals surface area contributed by atoms with Crippen LogP contribution in [0.15, 0.2) is 82.3 Å². The molecule has 0 aliphatic rings. The van der Waals surface area contributed by atoms with Gasteiger partial charge in [0, 0.05) is 27.6 Å². The van der Waals surface area contributed by atoms with Crippen molar-refractivity contribution < 1.29 is 23.9 Å². The summed E-state index contributed by atoms with van der Waals surface area (Å²) < 4.78 is 10.5. The molecular formula is C28H40ClN3O5. The summed E-state index contributed by atoms with van der Waals surface area (Å²) >= 11 is 5.86. The Morgan fingerprint density at radius 1 is 1.03 bits per heavy atom. The lowest BCUT2D eigenvalue weighted by atomic mass is 10.0. The number of halogens is 1. The van der Waals surface area contributed by atoms with E-state index >= 15 is 0 Å². The number of rotatable bonds is 12. The fourth-order valence-corrected chi connectivity index (χ4v) is 2.85. The van der Waals surface area contributed by atoms with Gasteiger partial charge in [-0.1, -0.05) is 56.0 Å². The molecule has 0 rings (SSSR count). The minimum Gasteiger partial charge on any atom is -0.445 e. The van der Waals surface area contributed by atoms with Crippen LogP contribution in [0.1, 0.15) is 54.9 Å². The molecule has 0 aromatic carbocycles. The van der Waals surface area contributed by atoms with E-state index in [9.17, 15) is 14.4 Å². The monoisotopic (exact) mass is 533 g/mol. The fraction of sp³-hybridized carbons (Fsp3) is 0.393. The third-order valence-electron chi connectivity index (χ3n) is 4.61. The van der Waals surface area contributed by atoms with Crippen molar-refractivity contribution in [2.75, 3.05) is 13.2 Å². The molecule has 0 radical (unpaired) electrons. The summed E-state index contributed by atoms with van der Waals surface area (Å²) in [6.45, 7) is 19.2.